The monoisotopic (exact) mass is 387 g/mol. The molecule has 0 radical (unpaired) electrons. The van der Waals surface area contributed by atoms with Gasteiger partial charge < -0.3 is 14.7 Å². The Morgan fingerprint density at radius 2 is 1.62 bits per heavy atom. The predicted molar refractivity (Wildman–Crippen MR) is 115 cm³/mol. The molecule has 1 saturated heterocycles. The van der Waals surface area contributed by atoms with Crippen molar-refractivity contribution in [3.63, 3.8) is 0 Å². The number of nitrogens with zero attached hydrogens (tertiary/aromatic N) is 1. The van der Waals surface area contributed by atoms with E-state index in [1.165, 1.54) is 11.1 Å². The number of carboxylic acids is 1. The van der Waals surface area contributed by atoms with Crippen molar-refractivity contribution in [2.45, 2.75) is 31.9 Å². The molecule has 1 N–H and O–H groups in total. The number of carbonyl (C=O) groups is 1. The molecule has 0 spiro atoms. The molecule has 0 bridgehead atoms. The number of carboxylic acid groups (broad SMARTS) is 1. The number of ether oxygens (including phenoxy) is 1. The Bertz CT molecular complexity index is 936. The van der Waals surface area contributed by atoms with Crippen LogP contribution in [0.25, 0.3) is 11.1 Å². The van der Waals surface area contributed by atoms with E-state index in [9.17, 15) is 4.79 Å². The second kappa shape index (κ2) is 8.82. The maximum atomic E-state index is 11.1. The summed E-state index contributed by atoms with van der Waals surface area (Å²) in [7, 11) is 0. The van der Waals surface area contributed by atoms with Gasteiger partial charge in [0, 0.05) is 18.3 Å². The van der Waals surface area contributed by atoms with E-state index in [2.05, 4.69) is 41.3 Å². The third kappa shape index (κ3) is 4.77. The minimum absolute atomic E-state index is 0.0856. The topological polar surface area (TPSA) is 49.8 Å². The minimum atomic E-state index is -0.736. The zero-order valence-electron chi connectivity index (χ0n) is 16.3. The summed E-state index contributed by atoms with van der Waals surface area (Å²) in [4.78, 5) is 13.3. The minimum Gasteiger partial charge on any atom is -0.489 e. The van der Waals surface area contributed by atoms with Crippen LogP contribution < -0.4 is 9.64 Å². The number of aliphatic carboxylic acids is 1. The van der Waals surface area contributed by atoms with Gasteiger partial charge in [0.2, 0.25) is 0 Å². The molecule has 148 valence electrons. The highest BCUT2D eigenvalue weighted by Gasteiger charge is 2.26. The van der Waals surface area contributed by atoms with Gasteiger partial charge >= 0.3 is 5.97 Å². The van der Waals surface area contributed by atoms with Crippen molar-refractivity contribution in [3.8, 4) is 16.9 Å². The molecule has 4 rings (SSSR count). The second-order valence-corrected chi connectivity index (χ2v) is 7.43. The summed E-state index contributed by atoms with van der Waals surface area (Å²) >= 11 is 0. The van der Waals surface area contributed by atoms with E-state index in [0.29, 0.717) is 6.61 Å². The van der Waals surface area contributed by atoms with Gasteiger partial charge in [-0.15, -0.1) is 0 Å². The van der Waals surface area contributed by atoms with Gasteiger partial charge in [-0.25, -0.2) is 0 Å². The average Bonchev–Trinajstić information content (AvgIpc) is 3.21. The molecule has 4 nitrogen and oxygen atoms in total. The largest absolute Gasteiger partial charge is 0.489 e. The zero-order chi connectivity index (χ0) is 20.1. The smallest absolute Gasteiger partial charge is 0.305 e. The predicted octanol–water partition coefficient (Wildman–Crippen LogP) is 5.38. The van der Waals surface area contributed by atoms with Gasteiger partial charge in [-0.1, -0.05) is 54.6 Å². The van der Waals surface area contributed by atoms with Crippen LogP contribution in [0.3, 0.4) is 0 Å². The highest BCUT2D eigenvalue weighted by Crippen LogP contribution is 2.29. The maximum Gasteiger partial charge on any atom is 0.305 e. The Kier molecular flexibility index (Phi) is 5.80. The number of benzene rings is 3. The number of anilines is 1. The van der Waals surface area contributed by atoms with Crippen molar-refractivity contribution < 1.29 is 14.6 Å². The third-order valence-electron chi connectivity index (χ3n) is 5.42. The summed E-state index contributed by atoms with van der Waals surface area (Å²) in [6.07, 6.45) is 2.16. The first kappa shape index (κ1) is 19.1. The van der Waals surface area contributed by atoms with Crippen LogP contribution in [-0.4, -0.2) is 23.7 Å². The summed E-state index contributed by atoms with van der Waals surface area (Å²) in [5, 5.41) is 9.10. The van der Waals surface area contributed by atoms with E-state index < -0.39 is 5.97 Å². The maximum absolute atomic E-state index is 11.1. The standard InChI is InChI=1S/C25H25NO3/c27-25(28)17-23-7-4-16-26(23)22-12-14-24(15-13-22)29-18-19-8-10-21(11-9-19)20-5-2-1-3-6-20/h1-3,5-6,8-15,23H,4,7,16-18H2,(H,27,28). The van der Waals surface area contributed by atoms with Crippen LogP contribution in [-0.2, 0) is 11.4 Å². The number of hydrogen-bond donors (Lipinski definition) is 1. The highest BCUT2D eigenvalue weighted by atomic mass is 16.5. The summed E-state index contributed by atoms with van der Waals surface area (Å²) in [6, 6.07) is 26.8. The molecule has 4 heteroatoms. The van der Waals surface area contributed by atoms with Crippen molar-refractivity contribution in [2.75, 3.05) is 11.4 Å². The first-order chi connectivity index (χ1) is 14.2. The van der Waals surface area contributed by atoms with Gasteiger partial charge in [-0.05, 0) is 53.8 Å². The van der Waals surface area contributed by atoms with Gasteiger partial charge in [0.25, 0.3) is 0 Å². The fourth-order valence-electron chi connectivity index (χ4n) is 3.91. The van der Waals surface area contributed by atoms with Crippen molar-refractivity contribution in [2.24, 2.45) is 0 Å². The summed E-state index contributed by atoms with van der Waals surface area (Å²) < 4.78 is 5.93. The van der Waals surface area contributed by atoms with Crippen molar-refractivity contribution in [3.05, 3.63) is 84.4 Å². The van der Waals surface area contributed by atoms with E-state index in [1.54, 1.807) is 0 Å². The van der Waals surface area contributed by atoms with Gasteiger partial charge in [-0.2, -0.15) is 0 Å². The first-order valence-corrected chi connectivity index (χ1v) is 10.0. The van der Waals surface area contributed by atoms with Crippen molar-refractivity contribution in [1.82, 2.24) is 0 Å². The molecule has 0 aromatic heterocycles. The molecule has 1 fully saturated rings. The van der Waals surface area contributed by atoms with E-state index in [0.717, 1.165) is 36.4 Å². The summed E-state index contributed by atoms with van der Waals surface area (Å²) in [5.74, 6) is 0.0787. The van der Waals surface area contributed by atoms with E-state index in [1.807, 2.05) is 42.5 Å². The van der Waals surface area contributed by atoms with Crippen LogP contribution in [0.4, 0.5) is 5.69 Å². The lowest BCUT2D eigenvalue weighted by Gasteiger charge is -2.25. The van der Waals surface area contributed by atoms with E-state index in [4.69, 9.17) is 9.84 Å². The van der Waals surface area contributed by atoms with Crippen LogP contribution in [0.15, 0.2) is 78.9 Å². The lowest BCUT2D eigenvalue weighted by Crippen LogP contribution is -2.31. The number of hydrogen-bond acceptors (Lipinski definition) is 3. The number of rotatable bonds is 7. The Morgan fingerprint density at radius 1 is 0.931 bits per heavy atom. The summed E-state index contributed by atoms with van der Waals surface area (Å²) in [5.41, 5.74) is 4.59. The summed E-state index contributed by atoms with van der Waals surface area (Å²) in [6.45, 7) is 1.42. The Hall–Kier alpha value is -3.27. The van der Waals surface area contributed by atoms with Crippen LogP contribution in [0.5, 0.6) is 5.75 Å². The van der Waals surface area contributed by atoms with Crippen molar-refractivity contribution >= 4 is 11.7 Å². The Morgan fingerprint density at radius 3 is 2.31 bits per heavy atom. The fourth-order valence-corrected chi connectivity index (χ4v) is 3.91. The molecule has 1 unspecified atom stereocenters. The SMILES string of the molecule is O=C(O)CC1CCCN1c1ccc(OCc2ccc(-c3ccccc3)cc2)cc1. The molecule has 1 heterocycles. The quantitative estimate of drug-likeness (QED) is 0.592. The second-order valence-electron chi connectivity index (χ2n) is 7.43. The van der Waals surface area contributed by atoms with Gasteiger partial charge in [0.1, 0.15) is 12.4 Å². The molecule has 3 aromatic rings. The van der Waals surface area contributed by atoms with Crippen LogP contribution in [0.2, 0.25) is 0 Å². The molecular weight excluding hydrogens is 362 g/mol. The molecular formula is C25H25NO3. The molecule has 0 saturated carbocycles. The molecule has 1 atom stereocenters. The van der Waals surface area contributed by atoms with E-state index in [-0.39, 0.29) is 12.5 Å². The lowest BCUT2D eigenvalue weighted by molar-refractivity contribution is -0.137. The molecule has 1 aliphatic rings. The fraction of sp³-hybridized carbons (Fsp3) is 0.240. The molecule has 1 aliphatic heterocycles. The normalized spacial score (nSPS) is 16.0. The molecule has 0 amide bonds. The van der Waals surface area contributed by atoms with Gasteiger partial charge in [-0.3, -0.25) is 4.79 Å². The van der Waals surface area contributed by atoms with Crippen LogP contribution in [0.1, 0.15) is 24.8 Å². The van der Waals surface area contributed by atoms with Gasteiger partial charge in [0.15, 0.2) is 0 Å². The third-order valence-corrected chi connectivity index (χ3v) is 5.42. The van der Waals surface area contributed by atoms with Crippen molar-refractivity contribution in [1.29, 1.82) is 0 Å². The molecule has 29 heavy (non-hydrogen) atoms. The lowest BCUT2D eigenvalue weighted by atomic mass is 10.0. The van der Waals surface area contributed by atoms with Crippen LogP contribution in [0, 0.1) is 0 Å². The molecule has 0 aliphatic carbocycles. The Labute approximate surface area is 171 Å². The first-order valence-electron chi connectivity index (χ1n) is 10.0. The van der Waals surface area contributed by atoms with Crippen LogP contribution >= 0.6 is 0 Å². The molecule has 3 aromatic carbocycles. The highest BCUT2D eigenvalue weighted by molar-refractivity contribution is 5.69. The van der Waals surface area contributed by atoms with Gasteiger partial charge in [0.05, 0.1) is 6.42 Å². The zero-order valence-corrected chi connectivity index (χ0v) is 16.3. The van der Waals surface area contributed by atoms with E-state index >= 15 is 0 Å². The average molecular weight is 387 g/mol. The Balaban J connectivity index is 1.35.